The van der Waals surface area contributed by atoms with Gasteiger partial charge in [-0.1, -0.05) is 67.6 Å². The number of esters is 2. The van der Waals surface area contributed by atoms with Crippen molar-refractivity contribution >= 4 is 18.1 Å². The minimum Gasteiger partial charge on any atom is -0.460 e. The van der Waals surface area contributed by atoms with E-state index >= 15 is 0 Å². The summed E-state index contributed by atoms with van der Waals surface area (Å²) in [7, 11) is 0. The van der Waals surface area contributed by atoms with Crippen molar-refractivity contribution in [1.29, 1.82) is 0 Å². The summed E-state index contributed by atoms with van der Waals surface area (Å²) >= 11 is 0. The first kappa shape index (κ1) is 31.5. The lowest BCUT2D eigenvalue weighted by atomic mass is 9.85. The molecular formula is C34H46NO7+. The molecule has 2 heterocycles. The van der Waals surface area contributed by atoms with E-state index in [4.69, 9.17) is 18.9 Å². The summed E-state index contributed by atoms with van der Waals surface area (Å²) in [5.41, 5.74) is -1.65. The predicted octanol–water partition coefficient (Wildman–Crippen LogP) is 6.30. The number of hydrogen-bond acceptors (Lipinski definition) is 7. The molecule has 2 aliphatic rings. The van der Waals surface area contributed by atoms with Crippen molar-refractivity contribution in [2.45, 2.75) is 103 Å². The molecule has 2 aromatic carbocycles. The third-order valence-corrected chi connectivity index (χ3v) is 8.72. The van der Waals surface area contributed by atoms with Gasteiger partial charge in [-0.05, 0) is 34.1 Å². The molecule has 0 bridgehead atoms. The summed E-state index contributed by atoms with van der Waals surface area (Å²) in [6.45, 7) is 11.9. The molecule has 228 valence electrons. The SMILES string of the molecule is CCC1CC(OC(=O)C(OC(=O)OCCC(=O)OC(C)(C)C)(c2ccccc2)c2ccccc2)CC(C)[N+]12CCCC2. The Bertz CT molecular complexity index is 1160. The third kappa shape index (κ3) is 6.97. The van der Waals surface area contributed by atoms with Crippen molar-refractivity contribution < 1.29 is 37.8 Å². The average molecular weight is 581 g/mol. The summed E-state index contributed by atoms with van der Waals surface area (Å²) in [6.07, 6.45) is 3.49. The van der Waals surface area contributed by atoms with Crippen molar-refractivity contribution in [1.82, 2.24) is 0 Å². The Balaban J connectivity index is 1.60. The Morgan fingerprint density at radius 3 is 1.95 bits per heavy atom. The van der Waals surface area contributed by atoms with E-state index in [0.29, 0.717) is 23.2 Å². The van der Waals surface area contributed by atoms with E-state index in [1.165, 1.54) is 25.9 Å². The number of benzene rings is 2. The van der Waals surface area contributed by atoms with Gasteiger partial charge in [0, 0.05) is 36.8 Å². The molecule has 2 aliphatic heterocycles. The molecule has 8 nitrogen and oxygen atoms in total. The van der Waals surface area contributed by atoms with E-state index in [0.717, 1.165) is 23.7 Å². The zero-order valence-corrected chi connectivity index (χ0v) is 25.7. The van der Waals surface area contributed by atoms with Gasteiger partial charge in [0.25, 0.3) is 5.60 Å². The number of nitrogens with zero attached hydrogens (tertiary/aromatic N) is 1. The monoisotopic (exact) mass is 580 g/mol. The quantitative estimate of drug-likeness (QED) is 0.195. The number of piperidine rings is 1. The third-order valence-electron chi connectivity index (χ3n) is 8.72. The second-order valence-corrected chi connectivity index (χ2v) is 12.6. The Labute approximate surface area is 249 Å². The Kier molecular flexibility index (Phi) is 9.97. The molecule has 0 radical (unpaired) electrons. The van der Waals surface area contributed by atoms with E-state index in [1.54, 1.807) is 69.3 Å². The summed E-state index contributed by atoms with van der Waals surface area (Å²) < 4.78 is 24.0. The second-order valence-electron chi connectivity index (χ2n) is 12.6. The first-order chi connectivity index (χ1) is 20.0. The molecule has 1 spiro atoms. The lowest BCUT2D eigenvalue weighted by Crippen LogP contribution is -2.63. The molecular weight excluding hydrogens is 534 g/mol. The minimum atomic E-state index is -1.90. The molecule has 4 rings (SSSR count). The standard InChI is InChI=1S/C34H46NO7/c1-6-28-24-29(23-25(2)35(28)20-13-14-21-35)40-31(37)34(26-15-9-7-10-16-26,27-17-11-8-12-18-27)42-32(38)39-22-19-30(36)41-33(3,4)5/h7-12,15-18,25,28-29H,6,13-14,19-24H2,1-5H3/q+1. The van der Waals surface area contributed by atoms with Crippen LogP contribution in [-0.2, 0) is 34.1 Å². The van der Waals surface area contributed by atoms with Gasteiger partial charge in [0.15, 0.2) is 0 Å². The van der Waals surface area contributed by atoms with Crippen LogP contribution in [0, 0.1) is 0 Å². The number of carbonyl (C=O) groups is 3. The molecule has 42 heavy (non-hydrogen) atoms. The molecule has 8 heteroatoms. The predicted molar refractivity (Wildman–Crippen MR) is 158 cm³/mol. The number of ether oxygens (including phenoxy) is 4. The summed E-state index contributed by atoms with van der Waals surface area (Å²) in [5, 5.41) is 0. The van der Waals surface area contributed by atoms with Crippen LogP contribution in [0.5, 0.6) is 0 Å². The lowest BCUT2D eigenvalue weighted by molar-refractivity contribution is -0.967. The highest BCUT2D eigenvalue weighted by molar-refractivity contribution is 5.88. The first-order valence-corrected chi connectivity index (χ1v) is 15.3. The normalized spacial score (nSPS) is 21.9. The molecule has 2 saturated heterocycles. The fraction of sp³-hybridized carbons (Fsp3) is 0.559. The van der Waals surface area contributed by atoms with Gasteiger partial charge >= 0.3 is 18.1 Å². The fourth-order valence-corrected chi connectivity index (χ4v) is 6.82. The van der Waals surface area contributed by atoms with Crippen molar-refractivity contribution in [2.75, 3.05) is 19.7 Å². The summed E-state index contributed by atoms with van der Waals surface area (Å²) in [6, 6.07) is 18.5. The number of carbonyl (C=O) groups excluding carboxylic acids is 3. The van der Waals surface area contributed by atoms with Crippen LogP contribution in [0.4, 0.5) is 4.79 Å². The maximum absolute atomic E-state index is 14.4. The van der Waals surface area contributed by atoms with Crippen molar-refractivity contribution in [3.8, 4) is 0 Å². The van der Waals surface area contributed by atoms with Gasteiger partial charge in [-0.2, -0.15) is 0 Å². The van der Waals surface area contributed by atoms with Crippen LogP contribution >= 0.6 is 0 Å². The molecule has 0 amide bonds. The van der Waals surface area contributed by atoms with Crippen LogP contribution in [0.3, 0.4) is 0 Å². The number of rotatable bonds is 9. The molecule has 0 aromatic heterocycles. The topological polar surface area (TPSA) is 88.1 Å². The first-order valence-electron chi connectivity index (χ1n) is 15.3. The smallest absolute Gasteiger partial charge is 0.460 e. The Hall–Kier alpha value is -3.39. The van der Waals surface area contributed by atoms with E-state index in [2.05, 4.69) is 13.8 Å². The lowest BCUT2D eigenvalue weighted by Gasteiger charge is -2.51. The highest BCUT2D eigenvalue weighted by Crippen LogP contribution is 2.41. The van der Waals surface area contributed by atoms with Gasteiger partial charge in [-0.25, -0.2) is 9.59 Å². The van der Waals surface area contributed by atoms with Gasteiger partial charge in [-0.15, -0.1) is 0 Å². The molecule has 3 unspecified atom stereocenters. The fourth-order valence-electron chi connectivity index (χ4n) is 6.82. The van der Waals surface area contributed by atoms with Gasteiger partial charge < -0.3 is 23.4 Å². The van der Waals surface area contributed by atoms with E-state index in [1.807, 2.05) is 12.1 Å². The zero-order chi connectivity index (χ0) is 30.4. The highest BCUT2D eigenvalue weighted by atomic mass is 16.7. The largest absolute Gasteiger partial charge is 0.510 e. The molecule has 3 atom stereocenters. The molecule has 0 saturated carbocycles. The van der Waals surface area contributed by atoms with Crippen LogP contribution in [0.25, 0.3) is 0 Å². The van der Waals surface area contributed by atoms with Crippen LogP contribution in [0.1, 0.15) is 84.3 Å². The minimum absolute atomic E-state index is 0.140. The maximum atomic E-state index is 14.4. The van der Waals surface area contributed by atoms with Gasteiger partial charge in [0.1, 0.15) is 18.3 Å². The Morgan fingerprint density at radius 2 is 1.43 bits per heavy atom. The van der Waals surface area contributed by atoms with Crippen molar-refractivity contribution in [3.63, 3.8) is 0 Å². The van der Waals surface area contributed by atoms with Crippen molar-refractivity contribution in [3.05, 3.63) is 71.8 Å². The van der Waals surface area contributed by atoms with Crippen LogP contribution < -0.4 is 0 Å². The van der Waals surface area contributed by atoms with E-state index in [9.17, 15) is 14.4 Å². The summed E-state index contributed by atoms with van der Waals surface area (Å²) in [4.78, 5) is 39.7. The maximum Gasteiger partial charge on any atom is 0.510 e. The molecule has 0 aliphatic carbocycles. The van der Waals surface area contributed by atoms with Crippen LogP contribution in [0.15, 0.2) is 60.7 Å². The average Bonchev–Trinajstić information content (AvgIpc) is 3.44. The second kappa shape index (κ2) is 13.3. The van der Waals surface area contributed by atoms with E-state index < -0.39 is 29.3 Å². The number of quaternary nitrogens is 1. The summed E-state index contributed by atoms with van der Waals surface area (Å²) in [5.74, 6) is -1.16. The number of hydrogen-bond donors (Lipinski definition) is 0. The zero-order valence-electron chi connectivity index (χ0n) is 25.7. The van der Waals surface area contributed by atoms with Gasteiger partial charge in [0.05, 0.1) is 31.6 Å². The molecule has 0 N–H and O–H groups in total. The van der Waals surface area contributed by atoms with E-state index in [-0.39, 0.29) is 19.1 Å². The molecule has 2 fully saturated rings. The van der Waals surface area contributed by atoms with Crippen molar-refractivity contribution in [2.24, 2.45) is 0 Å². The highest BCUT2D eigenvalue weighted by Gasteiger charge is 2.53. The van der Waals surface area contributed by atoms with Crippen LogP contribution in [0.2, 0.25) is 0 Å². The van der Waals surface area contributed by atoms with Gasteiger partial charge in [-0.3, -0.25) is 4.79 Å². The molecule has 2 aromatic rings. The van der Waals surface area contributed by atoms with Crippen LogP contribution in [-0.4, -0.2) is 66.1 Å². The van der Waals surface area contributed by atoms with Gasteiger partial charge in [0.2, 0.25) is 0 Å². The Morgan fingerprint density at radius 1 is 0.857 bits per heavy atom.